The van der Waals surface area contributed by atoms with Gasteiger partial charge in [0.15, 0.2) is 11.5 Å². The third-order valence-electron chi connectivity index (χ3n) is 3.11. The SMILES string of the molecule is COc1ccc(/C(C)=N/Nc2nc(C)cc(C)n2)cc1OC. The van der Waals surface area contributed by atoms with Gasteiger partial charge in [-0.15, -0.1) is 0 Å². The fourth-order valence-corrected chi connectivity index (χ4v) is 2.04. The van der Waals surface area contributed by atoms with E-state index < -0.39 is 0 Å². The molecule has 0 aliphatic heterocycles. The van der Waals surface area contributed by atoms with Gasteiger partial charge in [-0.25, -0.2) is 15.4 Å². The lowest BCUT2D eigenvalue weighted by Gasteiger charge is -2.09. The molecule has 6 heteroatoms. The van der Waals surface area contributed by atoms with E-state index in [1.165, 1.54) is 0 Å². The second kappa shape index (κ2) is 6.89. The summed E-state index contributed by atoms with van der Waals surface area (Å²) < 4.78 is 10.5. The van der Waals surface area contributed by atoms with Crippen molar-refractivity contribution < 1.29 is 9.47 Å². The Bertz CT molecular complexity index is 678. The normalized spacial score (nSPS) is 11.2. The van der Waals surface area contributed by atoms with Crippen molar-refractivity contribution in [2.75, 3.05) is 19.6 Å². The Kier molecular flexibility index (Phi) is 4.93. The first-order chi connectivity index (χ1) is 10.5. The molecule has 0 aliphatic rings. The number of nitrogens with zero attached hydrogens (tertiary/aromatic N) is 3. The average Bonchev–Trinajstić information content (AvgIpc) is 2.51. The molecule has 22 heavy (non-hydrogen) atoms. The number of hydrogen-bond acceptors (Lipinski definition) is 6. The van der Waals surface area contributed by atoms with Crippen molar-refractivity contribution in [2.45, 2.75) is 20.8 Å². The Morgan fingerprint density at radius 1 is 1.00 bits per heavy atom. The first kappa shape index (κ1) is 15.8. The van der Waals surface area contributed by atoms with Gasteiger partial charge in [-0.3, -0.25) is 0 Å². The minimum Gasteiger partial charge on any atom is -0.493 e. The van der Waals surface area contributed by atoms with E-state index in [0.717, 1.165) is 22.7 Å². The zero-order chi connectivity index (χ0) is 16.1. The molecule has 2 aromatic rings. The number of hydrogen-bond donors (Lipinski definition) is 1. The van der Waals surface area contributed by atoms with E-state index in [2.05, 4.69) is 20.5 Å². The standard InChI is InChI=1S/C16H20N4O2/c1-10-8-11(2)18-16(17-10)20-19-12(3)13-6-7-14(21-4)15(9-13)22-5/h6-9H,1-5H3,(H,17,18,20)/b19-12+. The summed E-state index contributed by atoms with van der Waals surface area (Å²) in [6, 6.07) is 7.56. The molecule has 1 aromatic heterocycles. The third kappa shape index (κ3) is 3.72. The highest BCUT2D eigenvalue weighted by Gasteiger charge is 2.06. The van der Waals surface area contributed by atoms with Gasteiger partial charge >= 0.3 is 0 Å². The molecule has 0 spiro atoms. The van der Waals surface area contributed by atoms with Crippen molar-refractivity contribution in [1.29, 1.82) is 0 Å². The maximum Gasteiger partial charge on any atom is 0.243 e. The van der Waals surface area contributed by atoms with Gasteiger partial charge in [-0.05, 0) is 45.0 Å². The summed E-state index contributed by atoms with van der Waals surface area (Å²) in [5.74, 6) is 1.83. The van der Waals surface area contributed by atoms with Crippen LogP contribution in [0.5, 0.6) is 11.5 Å². The van der Waals surface area contributed by atoms with Crippen LogP contribution in [0.3, 0.4) is 0 Å². The summed E-state index contributed by atoms with van der Waals surface area (Å²) in [6.45, 7) is 5.74. The van der Waals surface area contributed by atoms with Crippen LogP contribution in [0.4, 0.5) is 5.95 Å². The van der Waals surface area contributed by atoms with Gasteiger partial charge in [-0.2, -0.15) is 5.10 Å². The average molecular weight is 300 g/mol. The number of rotatable bonds is 5. The van der Waals surface area contributed by atoms with Crippen molar-refractivity contribution >= 4 is 11.7 Å². The van der Waals surface area contributed by atoms with Crippen LogP contribution in [-0.4, -0.2) is 29.9 Å². The molecule has 1 heterocycles. The molecule has 116 valence electrons. The molecule has 6 nitrogen and oxygen atoms in total. The van der Waals surface area contributed by atoms with Crippen LogP contribution < -0.4 is 14.9 Å². The first-order valence-corrected chi connectivity index (χ1v) is 6.88. The van der Waals surface area contributed by atoms with E-state index >= 15 is 0 Å². The maximum absolute atomic E-state index is 5.30. The number of ether oxygens (including phenoxy) is 2. The zero-order valence-corrected chi connectivity index (χ0v) is 13.5. The van der Waals surface area contributed by atoms with Gasteiger partial charge in [0.1, 0.15) is 0 Å². The first-order valence-electron chi connectivity index (χ1n) is 6.88. The molecule has 0 saturated carbocycles. The molecule has 1 aromatic carbocycles. The quantitative estimate of drug-likeness (QED) is 0.679. The summed E-state index contributed by atoms with van der Waals surface area (Å²) in [7, 11) is 3.22. The Hall–Kier alpha value is -2.63. The van der Waals surface area contributed by atoms with Crippen molar-refractivity contribution in [1.82, 2.24) is 9.97 Å². The number of nitrogens with one attached hydrogen (secondary N) is 1. The molecular formula is C16H20N4O2. The predicted octanol–water partition coefficient (Wildman–Crippen LogP) is 2.95. The van der Waals surface area contributed by atoms with Gasteiger partial charge in [0.05, 0.1) is 19.9 Å². The Morgan fingerprint density at radius 2 is 1.64 bits per heavy atom. The van der Waals surface area contributed by atoms with Crippen molar-refractivity contribution in [3.8, 4) is 11.5 Å². The summed E-state index contributed by atoms with van der Waals surface area (Å²) in [4.78, 5) is 8.57. The Morgan fingerprint density at radius 3 is 2.23 bits per heavy atom. The summed E-state index contributed by atoms with van der Waals surface area (Å²) >= 11 is 0. The van der Waals surface area contributed by atoms with Crippen LogP contribution in [0.25, 0.3) is 0 Å². The molecule has 0 radical (unpaired) electrons. The van der Waals surface area contributed by atoms with Gasteiger partial charge in [0.2, 0.25) is 5.95 Å². The highest BCUT2D eigenvalue weighted by Crippen LogP contribution is 2.27. The molecule has 0 aliphatic carbocycles. The molecule has 0 saturated heterocycles. The van der Waals surface area contributed by atoms with Gasteiger partial charge in [0.25, 0.3) is 0 Å². The van der Waals surface area contributed by atoms with E-state index in [-0.39, 0.29) is 0 Å². The lowest BCUT2D eigenvalue weighted by atomic mass is 10.1. The van der Waals surface area contributed by atoms with E-state index in [1.54, 1.807) is 14.2 Å². The van der Waals surface area contributed by atoms with Crippen molar-refractivity contribution in [3.05, 3.63) is 41.2 Å². The molecule has 2 rings (SSSR count). The highest BCUT2D eigenvalue weighted by atomic mass is 16.5. The van der Waals surface area contributed by atoms with Crippen molar-refractivity contribution in [2.24, 2.45) is 5.10 Å². The molecule has 0 bridgehead atoms. The zero-order valence-electron chi connectivity index (χ0n) is 13.5. The molecule has 1 N–H and O–H groups in total. The Labute approximate surface area is 130 Å². The lowest BCUT2D eigenvalue weighted by molar-refractivity contribution is 0.355. The van der Waals surface area contributed by atoms with Gasteiger partial charge in [0, 0.05) is 17.0 Å². The van der Waals surface area contributed by atoms with Crippen LogP contribution in [0.15, 0.2) is 29.4 Å². The summed E-state index contributed by atoms with van der Waals surface area (Å²) in [5, 5.41) is 4.32. The second-order valence-corrected chi connectivity index (χ2v) is 4.85. The molecule has 0 amide bonds. The smallest absolute Gasteiger partial charge is 0.243 e. The maximum atomic E-state index is 5.30. The summed E-state index contributed by atoms with van der Waals surface area (Å²) in [5.41, 5.74) is 6.40. The number of methoxy groups -OCH3 is 2. The largest absolute Gasteiger partial charge is 0.493 e. The minimum absolute atomic E-state index is 0.484. The number of aromatic nitrogens is 2. The molecule has 0 unspecified atom stereocenters. The van der Waals surface area contributed by atoms with Gasteiger partial charge in [-0.1, -0.05) is 0 Å². The molecule has 0 atom stereocenters. The van der Waals surface area contributed by atoms with Gasteiger partial charge < -0.3 is 9.47 Å². The van der Waals surface area contributed by atoms with Crippen LogP contribution in [0.2, 0.25) is 0 Å². The fraction of sp³-hybridized carbons (Fsp3) is 0.312. The lowest BCUT2D eigenvalue weighted by Crippen LogP contribution is -2.04. The Balaban J connectivity index is 2.21. The van der Waals surface area contributed by atoms with E-state index in [9.17, 15) is 0 Å². The van der Waals surface area contributed by atoms with Crippen molar-refractivity contribution in [3.63, 3.8) is 0 Å². The van der Waals surface area contributed by atoms with Crippen LogP contribution >= 0.6 is 0 Å². The number of anilines is 1. The topological polar surface area (TPSA) is 68.6 Å². The van der Waals surface area contributed by atoms with E-state index in [4.69, 9.17) is 9.47 Å². The highest BCUT2D eigenvalue weighted by molar-refractivity contribution is 5.99. The summed E-state index contributed by atoms with van der Waals surface area (Å²) in [6.07, 6.45) is 0. The molecular weight excluding hydrogens is 280 g/mol. The predicted molar refractivity (Wildman–Crippen MR) is 86.9 cm³/mol. The van der Waals surface area contributed by atoms with Crippen LogP contribution in [0.1, 0.15) is 23.9 Å². The second-order valence-electron chi connectivity index (χ2n) is 4.85. The number of hydrazone groups is 1. The molecule has 0 fully saturated rings. The minimum atomic E-state index is 0.484. The van der Waals surface area contributed by atoms with E-state index in [0.29, 0.717) is 17.4 Å². The number of benzene rings is 1. The monoisotopic (exact) mass is 300 g/mol. The van der Waals surface area contributed by atoms with Crippen LogP contribution in [-0.2, 0) is 0 Å². The number of aryl methyl sites for hydroxylation is 2. The van der Waals surface area contributed by atoms with Crippen LogP contribution in [0, 0.1) is 13.8 Å². The fourth-order valence-electron chi connectivity index (χ4n) is 2.04. The van der Waals surface area contributed by atoms with E-state index in [1.807, 2.05) is 45.0 Å². The third-order valence-corrected chi connectivity index (χ3v) is 3.11.